The molecule has 0 fully saturated rings. The summed E-state index contributed by atoms with van der Waals surface area (Å²) >= 11 is 8.31. The second-order valence-corrected chi connectivity index (χ2v) is 5.59. The highest BCUT2D eigenvalue weighted by molar-refractivity contribution is 7.81. The van der Waals surface area contributed by atoms with Crippen LogP contribution in [0.2, 0.25) is 0 Å². The van der Waals surface area contributed by atoms with Gasteiger partial charge in [-0.3, -0.25) is 0 Å². The monoisotopic (exact) mass is 198 g/mol. The smallest absolute Gasteiger partial charge is 0.0470 e. The molecule has 0 aliphatic carbocycles. The summed E-state index contributed by atoms with van der Waals surface area (Å²) in [5.41, 5.74) is 0. The van der Waals surface area contributed by atoms with E-state index in [1.807, 2.05) is 0 Å². The maximum absolute atomic E-state index is 8.66. The molecule has 4 heteroatoms. The molecule has 0 aliphatic heterocycles. The molecule has 0 bridgehead atoms. The molecule has 10 heavy (non-hydrogen) atoms. The van der Waals surface area contributed by atoms with Crippen molar-refractivity contribution in [1.82, 2.24) is 0 Å². The van der Waals surface area contributed by atoms with Crippen molar-refractivity contribution in [3.63, 3.8) is 0 Å². The van der Waals surface area contributed by atoms with E-state index in [1.165, 1.54) is 12.3 Å². The predicted octanol–water partition coefficient (Wildman–Crippen LogP) is 1.32. The van der Waals surface area contributed by atoms with Crippen LogP contribution in [0.4, 0.5) is 0 Å². The number of hydrogen-bond donors (Lipinski definition) is 3. The average Bonchev–Trinajstić information content (AvgIpc) is 1.90. The lowest BCUT2D eigenvalue weighted by Crippen LogP contribution is -2.00. The van der Waals surface area contributed by atoms with E-state index in [2.05, 4.69) is 25.3 Å². The summed E-state index contributed by atoms with van der Waals surface area (Å²) in [6.07, 6.45) is 3.30. The first-order valence-corrected chi connectivity index (χ1v) is 6.56. The molecule has 1 N–H and O–H groups in total. The summed E-state index contributed by atoms with van der Waals surface area (Å²) in [4.78, 5) is 0. The van der Waals surface area contributed by atoms with E-state index in [1.54, 1.807) is 0 Å². The van der Waals surface area contributed by atoms with Gasteiger partial charge in [0.2, 0.25) is 0 Å². The summed E-state index contributed by atoms with van der Waals surface area (Å²) < 4.78 is 0. The molecule has 62 valence electrons. The highest BCUT2D eigenvalue weighted by Gasteiger charge is 2.03. The Kier molecular flexibility index (Phi) is 9.08. The van der Waals surface area contributed by atoms with Crippen molar-refractivity contribution in [2.45, 2.75) is 0 Å². The molecule has 0 amide bonds. The lowest BCUT2D eigenvalue weighted by atomic mass is 10.9. The minimum absolute atomic E-state index is 0.0363. The third kappa shape index (κ3) is 5.84. The van der Waals surface area contributed by atoms with Crippen molar-refractivity contribution in [3.05, 3.63) is 0 Å². The van der Waals surface area contributed by atoms with Crippen LogP contribution in [0.5, 0.6) is 0 Å². The van der Waals surface area contributed by atoms with Crippen LogP contribution < -0.4 is 0 Å². The van der Waals surface area contributed by atoms with Gasteiger partial charge in [0.25, 0.3) is 0 Å². The fourth-order valence-electron chi connectivity index (χ4n) is 0.760. The highest BCUT2D eigenvalue weighted by Crippen LogP contribution is 2.34. The first-order valence-electron chi connectivity index (χ1n) is 3.40. The Morgan fingerprint density at radius 2 is 1.50 bits per heavy atom. The molecule has 0 atom stereocenters. The molecule has 0 aliphatic rings. The Balaban J connectivity index is 3.30. The molecule has 0 aromatic carbocycles. The van der Waals surface area contributed by atoms with E-state index in [0.29, 0.717) is 6.61 Å². The summed E-state index contributed by atoms with van der Waals surface area (Å²) in [6.45, 7) is 0.327. The number of thiol groups is 2. The van der Waals surface area contributed by atoms with Gasteiger partial charge in [0.1, 0.15) is 0 Å². The van der Waals surface area contributed by atoms with Crippen molar-refractivity contribution >= 4 is 33.2 Å². The average molecular weight is 198 g/mol. The lowest BCUT2D eigenvalue weighted by molar-refractivity contribution is 0.321. The second-order valence-electron chi connectivity index (χ2n) is 2.01. The van der Waals surface area contributed by atoms with E-state index in [-0.39, 0.29) is 7.92 Å². The van der Waals surface area contributed by atoms with Gasteiger partial charge in [-0.2, -0.15) is 25.3 Å². The highest BCUT2D eigenvalue weighted by atomic mass is 32.1. The normalized spacial score (nSPS) is 10.8. The Morgan fingerprint density at radius 3 is 1.80 bits per heavy atom. The maximum Gasteiger partial charge on any atom is 0.0470 e. The molecule has 0 saturated heterocycles. The Hall–Kier alpha value is 1.09. The second kappa shape index (κ2) is 8.19. The van der Waals surface area contributed by atoms with Gasteiger partial charge in [-0.1, -0.05) is 0 Å². The molecule has 1 nitrogen and oxygen atoms in total. The van der Waals surface area contributed by atoms with Gasteiger partial charge < -0.3 is 5.11 Å². The molecule has 0 spiro atoms. The van der Waals surface area contributed by atoms with Crippen LogP contribution in [0.25, 0.3) is 0 Å². The molecule has 0 aromatic heterocycles. The Morgan fingerprint density at radius 1 is 1.00 bits per heavy atom. The number of hydrogen-bond acceptors (Lipinski definition) is 3. The fourth-order valence-corrected chi connectivity index (χ4v) is 3.98. The zero-order valence-electron chi connectivity index (χ0n) is 6.03. The van der Waals surface area contributed by atoms with E-state index < -0.39 is 0 Å². The van der Waals surface area contributed by atoms with Gasteiger partial charge in [0, 0.05) is 6.61 Å². The zero-order valence-corrected chi connectivity index (χ0v) is 8.71. The van der Waals surface area contributed by atoms with E-state index >= 15 is 0 Å². The first kappa shape index (κ1) is 11.1. The van der Waals surface area contributed by atoms with Gasteiger partial charge in [0.05, 0.1) is 0 Å². The molecule has 0 saturated carbocycles. The minimum Gasteiger partial charge on any atom is -0.396 e. The molecule has 0 aromatic rings. The van der Waals surface area contributed by atoms with Crippen LogP contribution in [-0.4, -0.2) is 41.7 Å². The first-order chi connectivity index (χ1) is 4.85. The van der Waals surface area contributed by atoms with E-state index in [0.717, 1.165) is 17.7 Å². The third-order valence-electron chi connectivity index (χ3n) is 1.25. The van der Waals surface area contributed by atoms with Gasteiger partial charge in [0.15, 0.2) is 0 Å². The molecule has 0 heterocycles. The Labute approximate surface area is 75.2 Å². The van der Waals surface area contributed by atoms with Crippen LogP contribution in [-0.2, 0) is 0 Å². The molecule has 0 rings (SSSR count). The molecule has 0 radical (unpaired) electrons. The number of rotatable bonds is 6. The topological polar surface area (TPSA) is 20.2 Å². The minimum atomic E-state index is 0.0363. The van der Waals surface area contributed by atoms with Crippen molar-refractivity contribution in [3.8, 4) is 0 Å². The Bertz CT molecular complexity index is 58.5. The predicted molar refractivity (Wildman–Crippen MR) is 56.3 cm³/mol. The van der Waals surface area contributed by atoms with Crippen molar-refractivity contribution in [2.24, 2.45) is 0 Å². The number of aliphatic hydroxyl groups excluding tert-OH is 1. The van der Waals surface area contributed by atoms with Crippen LogP contribution in [0.1, 0.15) is 0 Å². The van der Waals surface area contributed by atoms with Crippen molar-refractivity contribution in [2.75, 3.05) is 36.6 Å². The summed E-state index contributed by atoms with van der Waals surface area (Å²) in [7, 11) is 0.0363. The molecular weight excluding hydrogens is 183 g/mol. The van der Waals surface area contributed by atoms with E-state index in [4.69, 9.17) is 5.11 Å². The molecule has 0 unspecified atom stereocenters. The largest absolute Gasteiger partial charge is 0.396 e. The van der Waals surface area contributed by atoms with Crippen LogP contribution in [0.3, 0.4) is 0 Å². The zero-order chi connectivity index (χ0) is 7.82. The van der Waals surface area contributed by atoms with Crippen LogP contribution in [0.15, 0.2) is 0 Å². The SMILES string of the molecule is OCCP(CCS)CCS. The summed E-state index contributed by atoms with van der Waals surface area (Å²) in [6, 6.07) is 0. The van der Waals surface area contributed by atoms with Gasteiger partial charge in [-0.05, 0) is 30.0 Å². The summed E-state index contributed by atoms with van der Waals surface area (Å²) in [5.74, 6) is 1.89. The fraction of sp³-hybridized carbons (Fsp3) is 1.00. The summed E-state index contributed by atoms with van der Waals surface area (Å²) in [5, 5.41) is 8.66. The van der Waals surface area contributed by atoms with Gasteiger partial charge in [-0.25, -0.2) is 0 Å². The van der Waals surface area contributed by atoms with Crippen molar-refractivity contribution in [1.29, 1.82) is 0 Å². The third-order valence-corrected chi connectivity index (χ3v) is 4.95. The quantitative estimate of drug-likeness (QED) is 0.434. The van der Waals surface area contributed by atoms with E-state index in [9.17, 15) is 0 Å². The van der Waals surface area contributed by atoms with Crippen molar-refractivity contribution < 1.29 is 5.11 Å². The number of aliphatic hydroxyl groups is 1. The van der Waals surface area contributed by atoms with Crippen LogP contribution >= 0.6 is 33.2 Å². The van der Waals surface area contributed by atoms with Crippen LogP contribution in [0, 0.1) is 0 Å². The lowest BCUT2D eigenvalue weighted by Gasteiger charge is -2.12. The maximum atomic E-state index is 8.66. The standard InChI is InChI=1S/C6H15OPS2/c7-1-2-8(3-5-9)4-6-10/h7,9-10H,1-6H2. The van der Waals surface area contributed by atoms with Gasteiger partial charge >= 0.3 is 0 Å². The molecular formula is C6H15OPS2. The van der Waals surface area contributed by atoms with Gasteiger partial charge in [-0.15, -0.1) is 7.92 Å².